The summed E-state index contributed by atoms with van der Waals surface area (Å²) in [5.74, 6) is 2.28. The van der Waals surface area contributed by atoms with Crippen LogP contribution in [-0.4, -0.2) is 31.3 Å². The molecule has 0 fully saturated rings. The highest BCUT2D eigenvalue weighted by Gasteiger charge is 2.15. The zero-order valence-corrected chi connectivity index (χ0v) is 22.7. The van der Waals surface area contributed by atoms with E-state index in [9.17, 15) is 0 Å². The van der Waals surface area contributed by atoms with Crippen LogP contribution in [0, 0.1) is 5.92 Å². The first-order valence-electron chi connectivity index (χ1n) is 13.4. The number of hydrogen-bond donors (Lipinski definition) is 0. The largest absolute Gasteiger partial charge is 0.493 e. The second-order valence-corrected chi connectivity index (χ2v) is 9.46. The molecule has 0 bridgehead atoms. The van der Waals surface area contributed by atoms with E-state index in [1.807, 2.05) is 50.2 Å². The molecule has 0 saturated heterocycles. The number of nitrogens with zero attached hydrogens (tertiary/aromatic N) is 2. The van der Waals surface area contributed by atoms with Crippen molar-refractivity contribution in [1.29, 1.82) is 0 Å². The van der Waals surface area contributed by atoms with Gasteiger partial charge in [-0.1, -0.05) is 50.2 Å². The van der Waals surface area contributed by atoms with Gasteiger partial charge in [0.05, 0.1) is 24.6 Å². The molecule has 0 saturated carbocycles. The Kier molecular flexibility index (Phi) is 8.84. The molecule has 37 heavy (non-hydrogen) atoms. The van der Waals surface area contributed by atoms with Crippen LogP contribution < -0.4 is 14.4 Å². The number of ether oxygens (including phenoxy) is 2. The van der Waals surface area contributed by atoms with Gasteiger partial charge in [0.15, 0.2) is 0 Å². The highest BCUT2D eigenvalue weighted by atomic mass is 16.5. The van der Waals surface area contributed by atoms with E-state index in [1.165, 1.54) is 5.69 Å². The molecule has 0 radical (unpaired) electrons. The highest BCUT2D eigenvalue weighted by molar-refractivity contribution is 5.80. The van der Waals surface area contributed by atoms with E-state index >= 15 is 0 Å². The van der Waals surface area contributed by atoms with Gasteiger partial charge in [-0.3, -0.25) is 0 Å². The third kappa shape index (κ3) is 6.32. The molecule has 4 aromatic rings. The highest BCUT2D eigenvalue weighted by Crippen LogP contribution is 2.37. The van der Waals surface area contributed by atoms with E-state index in [2.05, 4.69) is 74.2 Å². The summed E-state index contributed by atoms with van der Waals surface area (Å²) in [6.45, 7) is 14.0. The van der Waals surface area contributed by atoms with Crippen LogP contribution in [0.15, 0.2) is 84.9 Å². The minimum atomic E-state index is 0.600. The van der Waals surface area contributed by atoms with Crippen LogP contribution in [0.3, 0.4) is 0 Å². The van der Waals surface area contributed by atoms with Gasteiger partial charge in [-0.25, -0.2) is 4.98 Å². The van der Waals surface area contributed by atoms with Gasteiger partial charge in [0.25, 0.3) is 0 Å². The second kappa shape index (κ2) is 12.4. The van der Waals surface area contributed by atoms with Crippen molar-refractivity contribution in [2.45, 2.75) is 34.6 Å². The first kappa shape index (κ1) is 26.3. The van der Waals surface area contributed by atoms with E-state index < -0.39 is 0 Å². The number of hydrogen-bond acceptors (Lipinski definition) is 4. The first-order chi connectivity index (χ1) is 18.0. The lowest BCUT2D eigenvalue weighted by molar-refractivity contribution is 0.341. The molecule has 4 heteroatoms. The molecule has 0 amide bonds. The molecule has 3 aromatic carbocycles. The maximum Gasteiger partial charge on any atom is 0.128 e. The van der Waals surface area contributed by atoms with E-state index in [0.717, 1.165) is 58.2 Å². The SMILES string of the molecule is CCOc1ccccc1-c1cc(-c2ccc(N(CC)CC(C)C)cc2)cc(-c2ccccc2OCC)n1. The molecule has 4 nitrogen and oxygen atoms in total. The summed E-state index contributed by atoms with van der Waals surface area (Å²) in [4.78, 5) is 7.53. The van der Waals surface area contributed by atoms with Crippen molar-refractivity contribution in [3.05, 3.63) is 84.9 Å². The molecule has 0 aliphatic rings. The average molecular weight is 495 g/mol. The first-order valence-corrected chi connectivity index (χ1v) is 13.4. The summed E-state index contributed by atoms with van der Waals surface area (Å²) in [5, 5.41) is 0. The lowest BCUT2D eigenvalue weighted by Crippen LogP contribution is -2.27. The average Bonchev–Trinajstić information content (AvgIpc) is 2.92. The summed E-state index contributed by atoms with van der Waals surface area (Å²) < 4.78 is 11.9. The van der Waals surface area contributed by atoms with Crippen molar-refractivity contribution in [1.82, 2.24) is 4.98 Å². The van der Waals surface area contributed by atoms with Crippen LogP contribution in [-0.2, 0) is 0 Å². The lowest BCUT2D eigenvalue weighted by atomic mass is 9.99. The van der Waals surface area contributed by atoms with Crippen molar-refractivity contribution in [3.63, 3.8) is 0 Å². The Morgan fingerprint density at radius 2 is 1.19 bits per heavy atom. The zero-order valence-electron chi connectivity index (χ0n) is 22.7. The normalized spacial score (nSPS) is 11.0. The van der Waals surface area contributed by atoms with E-state index in [1.54, 1.807) is 0 Å². The fourth-order valence-corrected chi connectivity index (χ4v) is 4.61. The lowest BCUT2D eigenvalue weighted by Gasteiger charge is -2.25. The maximum absolute atomic E-state index is 5.96. The Morgan fingerprint density at radius 3 is 1.65 bits per heavy atom. The Hall–Kier alpha value is -3.79. The Labute approximate surface area is 221 Å². The van der Waals surface area contributed by atoms with Crippen molar-refractivity contribution in [2.24, 2.45) is 5.92 Å². The topological polar surface area (TPSA) is 34.6 Å². The van der Waals surface area contributed by atoms with Gasteiger partial charge in [-0.05, 0) is 86.3 Å². The number of pyridine rings is 1. The summed E-state index contributed by atoms with van der Waals surface area (Å²) in [5.41, 5.74) is 7.22. The molecule has 0 unspecified atom stereocenters. The number of benzene rings is 3. The van der Waals surface area contributed by atoms with Gasteiger partial charge in [-0.2, -0.15) is 0 Å². The van der Waals surface area contributed by atoms with Crippen LogP contribution in [0.1, 0.15) is 34.6 Å². The van der Waals surface area contributed by atoms with E-state index in [4.69, 9.17) is 14.5 Å². The molecule has 0 N–H and O–H groups in total. The maximum atomic E-state index is 5.96. The van der Waals surface area contributed by atoms with Crippen LogP contribution >= 0.6 is 0 Å². The fraction of sp³-hybridized carbons (Fsp3) is 0.303. The molecule has 4 rings (SSSR count). The van der Waals surface area contributed by atoms with Crippen LogP contribution in [0.25, 0.3) is 33.6 Å². The summed E-state index contributed by atoms with van der Waals surface area (Å²) in [7, 11) is 0. The molecule has 1 heterocycles. The van der Waals surface area contributed by atoms with Gasteiger partial charge in [-0.15, -0.1) is 0 Å². The Bertz CT molecular complexity index is 1230. The standard InChI is InChI=1S/C33H38N2O2/c1-6-35(23-24(4)5)27-19-17-25(18-20-27)26-21-30(28-13-9-11-15-32(28)36-7-2)34-31(22-26)29-14-10-12-16-33(29)37-8-3/h9-22,24H,6-8,23H2,1-5H3. The van der Waals surface area contributed by atoms with Crippen molar-refractivity contribution >= 4 is 5.69 Å². The number of anilines is 1. The predicted octanol–water partition coefficient (Wildman–Crippen LogP) is 8.36. The Balaban J connectivity index is 1.84. The van der Waals surface area contributed by atoms with Crippen LogP contribution in [0.2, 0.25) is 0 Å². The molecule has 0 atom stereocenters. The van der Waals surface area contributed by atoms with Gasteiger partial charge in [0, 0.05) is 29.9 Å². The third-order valence-corrected chi connectivity index (χ3v) is 6.28. The van der Waals surface area contributed by atoms with Gasteiger partial charge < -0.3 is 14.4 Å². The number of para-hydroxylation sites is 2. The molecule has 0 aliphatic heterocycles. The van der Waals surface area contributed by atoms with Crippen LogP contribution in [0.5, 0.6) is 11.5 Å². The number of aromatic nitrogens is 1. The molecule has 0 aliphatic carbocycles. The van der Waals surface area contributed by atoms with Crippen molar-refractivity contribution in [3.8, 4) is 45.1 Å². The van der Waals surface area contributed by atoms with Gasteiger partial charge in [0.1, 0.15) is 11.5 Å². The van der Waals surface area contributed by atoms with Gasteiger partial charge >= 0.3 is 0 Å². The van der Waals surface area contributed by atoms with Crippen LogP contribution in [0.4, 0.5) is 5.69 Å². The second-order valence-electron chi connectivity index (χ2n) is 9.46. The monoisotopic (exact) mass is 494 g/mol. The van der Waals surface area contributed by atoms with E-state index in [0.29, 0.717) is 19.1 Å². The third-order valence-electron chi connectivity index (χ3n) is 6.28. The summed E-state index contributed by atoms with van der Waals surface area (Å²) in [6, 6.07) is 29.4. The molecule has 1 aromatic heterocycles. The quantitative estimate of drug-likeness (QED) is 0.210. The van der Waals surface area contributed by atoms with E-state index in [-0.39, 0.29) is 0 Å². The van der Waals surface area contributed by atoms with Gasteiger partial charge in [0.2, 0.25) is 0 Å². The molecule has 0 spiro atoms. The van der Waals surface area contributed by atoms with Crippen molar-refractivity contribution < 1.29 is 9.47 Å². The number of rotatable bonds is 11. The predicted molar refractivity (Wildman–Crippen MR) is 156 cm³/mol. The smallest absolute Gasteiger partial charge is 0.128 e. The minimum absolute atomic E-state index is 0.600. The minimum Gasteiger partial charge on any atom is -0.493 e. The Morgan fingerprint density at radius 1 is 0.676 bits per heavy atom. The zero-order chi connectivity index (χ0) is 26.2. The summed E-state index contributed by atoms with van der Waals surface area (Å²) >= 11 is 0. The fourth-order valence-electron chi connectivity index (χ4n) is 4.61. The molecular weight excluding hydrogens is 456 g/mol. The molecule has 192 valence electrons. The molecular formula is C33H38N2O2. The summed E-state index contributed by atoms with van der Waals surface area (Å²) in [6.07, 6.45) is 0. The van der Waals surface area contributed by atoms with Crippen molar-refractivity contribution in [2.75, 3.05) is 31.2 Å².